The largest absolute Gasteiger partial charge is 0.478 e. The minimum Gasteiger partial charge on any atom is -0.478 e. The standard InChI is InChI=1S/C12H13NO2/c1-3-5-6-11-9(4-2)7-10(8-13-11)12(14)15/h4-8H,2-3H2,1H3,(H,14,15)/b6-5-. The van der Waals surface area contributed by atoms with E-state index >= 15 is 0 Å². The number of carbonyl (C=O) groups is 1. The lowest BCUT2D eigenvalue weighted by Crippen LogP contribution is -1.99. The Kier molecular flexibility index (Phi) is 3.80. The Morgan fingerprint density at radius 3 is 2.93 bits per heavy atom. The Morgan fingerprint density at radius 2 is 2.40 bits per heavy atom. The van der Waals surface area contributed by atoms with E-state index in [0.717, 1.165) is 17.7 Å². The molecule has 0 aliphatic carbocycles. The molecule has 3 nitrogen and oxygen atoms in total. The van der Waals surface area contributed by atoms with Crippen LogP contribution in [-0.4, -0.2) is 16.1 Å². The minimum atomic E-state index is -0.975. The van der Waals surface area contributed by atoms with Gasteiger partial charge in [0.15, 0.2) is 0 Å². The van der Waals surface area contributed by atoms with Crippen molar-refractivity contribution in [3.63, 3.8) is 0 Å². The summed E-state index contributed by atoms with van der Waals surface area (Å²) in [5, 5.41) is 8.78. The number of aromatic nitrogens is 1. The lowest BCUT2D eigenvalue weighted by atomic mass is 10.1. The number of allylic oxidation sites excluding steroid dienone is 1. The molecule has 0 saturated heterocycles. The maximum Gasteiger partial charge on any atom is 0.337 e. The molecule has 0 bridgehead atoms. The Balaban J connectivity index is 3.14. The van der Waals surface area contributed by atoms with Crippen LogP contribution in [0, 0.1) is 0 Å². The average molecular weight is 203 g/mol. The van der Waals surface area contributed by atoms with Gasteiger partial charge in [0.05, 0.1) is 11.3 Å². The summed E-state index contributed by atoms with van der Waals surface area (Å²) in [6.07, 6.45) is 7.71. The molecule has 3 heteroatoms. The van der Waals surface area contributed by atoms with Crippen LogP contribution >= 0.6 is 0 Å². The summed E-state index contributed by atoms with van der Waals surface area (Å²) < 4.78 is 0. The van der Waals surface area contributed by atoms with Crippen LogP contribution in [0.1, 0.15) is 35.0 Å². The highest BCUT2D eigenvalue weighted by atomic mass is 16.4. The third-order valence-corrected chi connectivity index (χ3v) is 1.93. The van der Waals surface area contributed by atoms with Crippen LogP contribution in [0.15, 0.2) is 24.9 Å². The summed E-state index contributed by atoms with van der Waals surface area (Å²) in [5.41, 5.74) is 1.66. The van der Waals surface area contributed by atoms with Gasteiger partial charge in [0, 0.05) is 11.8 Å². The Morgan fingerprint density at radius 1 is 1.67 bits per heavy atom. The van der Waals surface area contributed by atoms with Gasteiger partial charge in [-0.3, -0.25) is 4.98 Å². The summed E-state index contributed by atoms with van der Waals surface area (Å²) in [6, 6.07) is 1.57. The fourth-order valence-corrected chi connectivity index (χ4v) is 1.14. The lowest BCUT2D eigenvalue weighted by Gasteiger charge is -2.01. The number of hydrogen-bond donors (Lipinski definition) is 1. The topological polar surface area (TPSA) is 50.2 Å². The highest BCUT2D eigenvalue weighted by Crippen LogP contribution is 2.12. The number of hydrogen-bond acceptors (Lipinski definition) is 2. The second kappa shape index (κ2) is 5.10. The first-order valence-electron chi connectivity index (χ1n) is 4.71. The fourth-order valence-electron chi connectivity index (χ4n) is 1.14. The Hall–Kier alpha value is -1.90. The first kappa shape index (κ1) is 11.2. The van der Waals surface area contributed by atoms with Gasteiger partial charge >= 0.3 is 5.97 Å². The van der Waals surface area contributed by atoms with Gasteiger partial charge in [-0.25, -0.2) is 4.79 Å². The van der Waals surface area contributed by atoms with Crippen molar-refractivity contribution in [1.82, 2.24) is 4.98 Å². The summed E-state index contributed by atoms with van der Waals surface area (Å²) in [6.45, 7) is 5.66. The summed E-state index contributed by atoms with van der Waals surface area (Å²) in [4.78, 5) is 14.8. The molecular formula is C12H13NO2. The quantitative estimate of drug-likeness (QED) is 0.818. The van der Waals surface area contributed by atoms with Crippen molar-refractivity contribution in [2.45, 2.75) is 13.3 Å². The molecule has 1 rings (SSSR count). The molecular weight excluding hydrogens is 190 g/mol. The van der Waals surface area contributed by atoms with Crippen LogP contribution in [0.5, 0.6) is 0 Å². The number of aromatic carboxylic acids is 1. The van der Waals surface area contributed by atoms with Gasteiger partial charge < -0.3 is 5.11 Å². The molecule has 0 fully saturated rings. The van der Waals surface area contributed by atoms with Crippen LogP contribution in [0.4, 0.5) is 0 Å². The number of nitrogens with zero attached hydrogens (tertiary/aromatic N) is 1. The predicted octanol–water partition coefficient (Wildman–Crippen LogP) is 2.85. The number of carboxylic acids is 1. The lowest BCUT2D eigenvalue weighted by molar-refractivity contribution is 0.0696. The van der Waals surface area contributed by atoms with Crippen molar-refractivity contribution < 1.29 is 9.90 Å². The molecule has 1 N–H and O–H groups in total. The number of rotatable bonds is 4. The van der Waals surface area contributed by atoms with Crippen molar-refractivity contribution in [3.05, 3.63) is 41.7 Å². The van der Waals surface area contributed by atoms with Crippen molar-refractivity contribution >= 4 is 18.1 Å². The molecule has 0 amide bonds. The molecule has 0 unspecified atom stereocenters. The normalized spacial score (nSPS) is 10.5. The van der Waals surface area contributed by atoms with Gasteiger partial charge in [-0.1, -0.05) is 25.7 Å². The minimum absolute atomic E-state index is 0.179. The van der Waals surface area contributed by atoms with E-state index in [1.54, 1.807) is 12.1 Å². The monoisotopic (exact) mass is 203 g/mol. The average Bonchev–Trinajstić information content (AvgIpc) is 2.25. The van der Waals surface area contributed by atoms with Crippen molar-refractivity contribution in [3.8, 4) is 0 Å². The molecule has 78 valence electrons. The third kappa shape index (κ3) is 2.77. The van der Waals surface area contributed by atoms with Gasteiger partial charge in [0.2, 0.25) is 0 Å². The smallest absolute Gasteiger partial charge is 0.337 e. The van der Waals surface area contributed by atoms with Crippen LogP contribution < -0.4 is 0 Å². The van der Waals surface area contributed by atoms with Gasteiger partial charge in [-0.2, -0.15) is 0 Å². The van der Waals surface area contributed by atoms with Gasteiger partial charge in [-0.15, -0.1) is 0 Å². The maximum atomic E-state index is 10.7. The zero-order valence-electron chi connectivity index (χ0n) is 8.60. The van der Waals surface area contributed by atoms with Crippen LogP contribution in [0.25, 0.3) is 12.2 Å². The predicted molar refractivity (Wildman–Crippen MR) is 60.6 cm³/mol. The maximum absolute atomic E-state index is 10.7. The number of carboxylic acid groups (broad SMARTS) is 1. The Bertz CT molecular complexity index is 408. The molecule has 1 aromatic heterocycles. The molecule has 0 spiro atoms. The van der Waals surface area contributed by atoms with E-state index in [4.69, 9.17) is 5.11 Å². The van der Waals surface area contributed by atoms with E-state index in [0.29, 0.717) is 0 Å². The fraction of sp³-hybridized carbons (Fsp3) is 0.167. The molecule has 1 heterocycles. The zero-order chi connectivity index (χ0) is 11.3. The zero-order valence-corrected chi connectivity index (χ0v) is 8.60. The van der Waals surface area contributed by atoms with E-state index in [1.807, 2.05) is 19.1 Å². The molecule has 0 aliphatic rings. The van der Waals surface area contributed by atoms with Crippen LogP contribution in [0.3, 0.4) is 0 Å². The third-order valence-electron chi connectivity index (χ3n) is 1.93. The van der Waals surface area contributed by atoms with Crippen LogP contribution in [-0.2, 0) is 0 Å². The van der Waals surface area contributed by atoms with Gasteiger partial charge in [-0.05, 0) is 18.6 Å². The molecule has 15 heavy (non-hydrogen) atoms. The summed E-state index contributed by atoms with van der Waals surface area (Å²) >= 11 is 0. The van der Waals surface area contributed by atoms with E-state index < -0.39 is 5.97 Å². The van der Waals surface area contributed by atoms with E-state index in [9.17, 15) is 4.79 Å². The van der Waals surface area contributed by atoms with Gasteiger partial charge in [0.1, 0.15) is 0 Å². The van der Waals surface area contributed by atoms with Gasteiger partial charge in [0.25, 0.3) is 0 Å². The van der Waals surface area contributed by atoms with E-state index in [2.05, 4.69) is 11.6 Å². The first-order valence-corrected chi connectivity index (χ1v) is 4.71. The highest BCUT2D eigenvalue weighted by Gasteiger charge is 2.05. The molecule has 0 aliphatic heterocycles. The molecule has 0 radical (unpaired) electrons. The second-order valence-corrected chi connectivity index (χ2v) is 3.02. The van der Waals surface area contributed by atoms with E-state index in [1.165, 1.54) is 6.20 Å². The molecule has 0 atom stereocenters. The molecule has 0 aromatic carbocycles. The summed E-state index contributed by atoms with van der Waals surface area (Å²) in [5.74, 6) is -0.975. The Labute approximate surface area is 88.8 Å². The SMILES string of the molecule is C=Cc1cc(C(=O)O)cnc1/C=C\CC. The first-order chi connectivity index (χ1) is 7.19. The second-order valence-electron chi connectivity index (χ2n) is 3.02. The number of pyridine rings is 1. The highest BCUT2D eigenvalue weighted by molar-refractivity contribution is 5.88. The van der Waals surface area contributed by atoms with Crippen molar-refractivity contribution in [2.75, 3.05) is 0 Å². The van der Waals surface area contributed by atoms with Crippen molar-refractivity contribution in [2.24, 2.45) is 0 Å². The van der Waals surface area contributed by atoms with Crippen molar-refractivity contribution in [1.29, 1.82) is 0 Å². The summed E-state index contributed by atoms with van der Waals surface area (Å²) in [7, 11) is 0. The van der Waals surface area contributed by atoms with Crippen LogP contribution in [0.2, 0.25) is 0 Å². The molecule has 1 aromatic rings. The molecule has 0 saturated carbocycles. The van der Waals surface area contributed by atoms with E-state index in [-0.39, 0.29) is 5.56 Å².